The highest BCUT2D eigenvalue weighted by molar-refractivity contribution is 7.72. The van der Waals surface area contributed by atoms with Gasteiger partial charge in [0.25, 0.3) is 0 Å². The first-order valence-electron chi connectivity index (χ1n) is 6.02. The lowest BCUT2D eigenvalue weighted by atomic mass is 10.0. The van der Waals surface area contributed by atoms with Gasteiger partial charge >= 0.3 is 0 Å². The van der Waals surface area contributed by atoms with Crippen LogP contribution < -0.4 is 5.30 Å². The average molecular weight is 234 g/mol. The van der Waals surface area contributed by atoms with Crippen LogP contribution in [0.2, 0.25) is 0 Å². The van der Waals surface area contributed by atoms with E-state index in [-0.39, 0.29) is 11.2 Å². The summed E-state index contributed by atoms with van der Waals surface area (Å²) >= 11 is 0. The Kier molecular flexibility index (Phi) is 1.55. The average Bonchev–Trinajstić information content (AvgIpc) is 2.62. The lowest BCUT2D eigenvalue weighted by molar-refractivity contribution is 0.226. The summed E-state index contributed by atoms with van der Waals surface area (Å²) in [5.41, 5.74) is 0.0523. The fourth-order valence-corrected chi connectivity index (χ4v) is 7.70. The van der Waals surface area contributed by atoms with Gasteiger partial charge in [0.2, 0.25) is 0 Å². The van der Waals surface area contributed by atoms with Crippen molar-refractivity contribution >= 4 is 12.4 Å². The van der Waals surface area contributed by atoms with Gasteiger partial charge in [0, 0.05) is 17.6 Å². The third-order valence-electron chi connectivity index (χ3n) is 4.59. The van der Waals surface area contributed by atoms with E-state index in [0.29, 0.717) is 0 Å². The molecule has 1 saturated carbocycles. The number of benzene rings is 1. The summed E-state index contributed by atoms with van der Waals surface area (Å²) in [6.07, 6.45) is 5.11. The number of hydrogen-bond acceptors (Lipinski definition) is 2. The van der Waals surface area contributed by atoms with E-state index in [4.69, 9.17) is 4.74 Å². The molecular weight excluding hydrogens is 219 g/mol. The Balaban J connectivity index is 1.75. The van der Waals surface area contributed by atoms with Gasteiger partial charge in [0.05, 0.1) is 0 Å². The molecule has 0 bridgehead atoms. The summed E-state index contributed by atoms with van der Waals surface area (Å²) in [7, 11) is -2.15. The summed E-state index contributed by atoms with van der Waals surface area (Å²) in [5, 5.41) is 1.06. The highest BCUT2D eigenvalue weighted by atomic mass is 31.2. The molecule has 4 rings (SSSR count). The quantitative estimate of drug-likeness (QED) is 0.551. The zero-order chi connectivity index (χ0) is 10.9. The van der Waals surface area contributed by atoms with Gasteiger partial charge in [0.1, 0.15) is 18.3 Å². The van der Waals surface area contributed by atoms with Crippen LogP contribution in [0.4, 0.5) is 0 Å². The first kappa shape index (κ1) is 9.44. The Morgan fingerprint density at radius 2 is 1.69 bits per heavy atom. The minimum Gasteiger partial charge on any atom is -0.361 e. The normalized spacial score (nSPS) is 48.8. The van der Waals surface area contributed by atoms with Crippen molar-refractivity contribution in [3.8, 4) is 0 Å². The molecule has 1 aromatic rings. The van der Waals surface area contributed by atoms with Gasteiger partial charge in [-0.2, -0.15) is 0 Å². The SMILES string of the molecule is O=P1(c2ccccc2)CC23CCCC2(C1)O3. The van der Waals surface area contributed by atoms with E-state index in [0.717, 1.165) is 30.5 Å². The molecule has 1 aromatic carbocycles. The molecule has 3 fully saturated rings. The highest BCUT2D eigenvalue weighted by Gasteiger charge is 2.79. The van der Waals surface area contributed by atoms with Crippen molar-refractivity contribution in [3.05, 3.63) is 30.3 Å². The van der Waals surface area contributed by atoms with Gasteiger partial charge in [-0.05, 0) is 19.3 Å². The summed E-state index contributed by atoms with van der Waals surface area (Å²) in [5.74, 6) is 0. The first-order valence-corrected chi connectivity index (χ1v) is 8.10. The molecule has 3 heteroatoms. The van der Waals surface area contributed by atoms with Crippen molar-refractivity contribution in [2.75, 3.05) is 12.3 Å². The van der Waals surface area contributed by atoms with Crippen LogP contribution in [0, 0.1) is 0 Å². The van der Waals surface area contributed by atoms with Crippen LogP contribution in [0.5, 0.6) is 0 Å². The molecule has 0 amide bonds. The lowest BCUT2D eigenvalue weighted by Gasteiger charge is -2.19. The molecule has 0 N–H and O–H groups in total. The second-order valence-electron chi connectivity index (χ2n) is 5.49. The first-order chi connectivity index (χ1) is 7.68. The van der Waals surface area contributed by atoms with Gasteiger partial charge < -0.3 is 9.30 Å². The summed E-state index contributed by atoms with van der Waals surface area (Å²) in [6, 6.07) is 10.0. The highest BCUT2D eigenvalue weighted by Crippen LogP contribution is 2.75. The molecule has 0 aromatic heterocycles. The van der Waals surface area contributed by atoms with Crippen LogP contribution in [0.3, 0.4) is 0 Å². The van der Waals surface area contributed by atoms with Crippen LogP contribution in [-0.2, 0) is 9.30 Å². The second-order valence-corrected chi connectivity index (χ2v) is 8.41. The summed E-state index contributed by atoms with van der Waals surface area (Å²) in [6.45, 7) is 0. The molecule has 2 heterocycles. The van der Waals surface area contributed by atoms with Gasteiger partial charge in [-0.25, -0.2) is 0 Å². The number of ether oxygens (including phenoxy) is 1. The van der Waals surface area contributed by atoms with E-state index in [9.17, 15) is 4.57 Å². The molecule has 2 aliphatic heterocycles. The van der Waals surface area contributed by atoms with E-state index in [1.807, 2.05) is 30.3 Å². The van der Waals surface area contributed by atoms with E-state index in [2.05, 4.69) is 0 Å². The van der Waals surface area contributed by atoms with Crippen molar-refractivity contribution in [1.29, 1.82) is 0 Å². The molecule has 0 spiro atoms. The maximum atomic E-state index is 13.0. The third-order valence-corrected chi connectivity index (χ3v) is 7.87. The van der Waals surface area contributed by atoms with Crippen molar-refractivity contribution in [2.24, 2.45) is 0 Å². The molecule has 16 heavy (non-hydrogen) atoms. The largest absolute Gasteiger partial charge is 0.361 e. The molecule has 2 atom stereocenters. The van der Waals surface area contributed by atoms with Gasteiger partial charge in [-0.3, -0.25) is 0 Å². The Hall–Kier alpha value is -0.590. The molecule has 2 nitrogen and oxygen atoms in total. The van der Waals surface area contributed by atoms with Crippen LogP contribution in [0.25, 0.3) is 0 Å². The molecular formula is C13H15O2P. The zero-order valence-electron chi connectivity index (χ0n) is 9.19. The van der Waals surface area contributed by atoms with E-state index < -0.39 is 7.14 Å². The summed E-state index contributed by atoms with van der Waals surface area (Å²) < 4.78 is 18.9. The number of hydrogen-bond donors (Lipinski definition) is 0. The maximum Gasteiger partial charge on any atom is 0.121 e. The Labute approximate surface area is 95.4 Å². The van der Waals surface area contributed by atoms with Crippen LogP contribution >= 0.6 is 7.14 Å². The monoisotopic (exact) mass is 234 g/mol. The Morgan fingerprint density at radius 3 is 2.31 bits per heavy atom. The topological polar surface area (TPSA) is 29.6 Å². The lowest BCUT2D eigenvalue weighted by Crippen LogP contribution is -2.16. The minimum absolute atomic E-state index is 0.0262. The van der Waals surface area contributed by atoms with Crippen molar-refractivity contribution < 1.29 is 9.30 Å². The van der Waals surface area contributed by atoms with Crippen LogP contribution in [0.1, 0.15) is 19.3 Å². The Bertz CT molecular complexity index is 468. The fraction of sp³-hybridized carbons (Fsp3) is 0.538. The van der Waals surface area contributed by atoms with E-state index in [1.54, 1.807) is 0 Å². The zero-order valence-corrected chi connectivity index (χ0v) is 10.1. The molecule has 3 aliphatic rings. The molecule has 1 aliphatic carbocycles. The smallest absolute Gasteiger partial charge is 0.121 e. The molecule has 2 saturated heterocycles. The molecule has 84 valence electrons. The van der Waals surface area contributed by atoms with Gasteiger partial charge in [-0.1, -0.05) is 30.3 Å². The second kappa shape index (κ2) is 2.63. The predicted molar refractivity (Wildman–Crippen MR) is 63.8 cm³/mol. The summed E-state index contributed by atoms with van der Waals surface area (Å²) in [4.78, 5) is 0. The minimum atomic E-state index is -2.15. The fourth-order valence-electron chi connectivity index (χ4n) is 3.84. The molecule has 2 unspecified atom stereocenters. The standard InChI is InChI=1S/C13H15O2P/c14-16(11-5-2-1-3-6-11)9-12-7-4-8-13(12,10-16)15-12/h1-3,5-6H,4,7-10H2. The van der Waals surface area contributed by atoms with Crippen LogP contribution in [0.15, 0.2) is 30.3 Å². The Morgan fingerprint density at radius 1 is 1.06 bits per heavy atom. The van der Waals surface area contributed by atoms with Crippen molar-refractivity contribution in [1.82, 2.24) is 0 Å². The van der Waals surface area contributed by atoms with Gasteiger partial charge in [-0.15, -0.1) is 0 Å². The van der Waals surface area contributed by atoms with Gasteiger partial charge in [0.15, 0.2) is 0 Å². The van der Waals surface area contributed by atoms with Crippen molar-refractivity contribution in [3.63, 3.8) is 0 Å². The predicted octanol–water partition coefficient (Wildman–Crippen LogP) is 2.38. The van der Waals surface area contributed by atoms with Crippen molar-refractivity contribution in [2.45, 2.75) is 30.5 Å². The third kappa shape index (κ3) is 0.959. The van der Waals surface area contributed by atoms with Crippen LogP contribution in [-0.4, -0.2) is 23.5 Å². The van der Waals surface area contributed by atoms with E-state index in [1.165, 1.54) is 6.42 Å². The maximum absolute atomic E-state index is 13.0. The number of rotatable bonds is 1. The van der Waals surface area contributed by atoms with E-state index >= 15 is 0 Å². The molecule has 0 radical (unpaired) electrons. The number of epoxide rings is 1.